The molecule has 4 aromatic heterocycles. The van der Waals surface area contributed by atoms with Crippen LogP contribution >= 0.6 is 0 Å². The Balaban J connectivity index is 1.21. The highest BCUT2D eigenvalue weighted by atomic mass is 15.1. The molecule has 3 N–H and O–H groups in total. The van der Waals surface area contributed by atoms with Crippen LogP contribution in [-0.4, -0.2) is 29.7 Å². The van der Waals surface area contributed by atoms with Crippen LogP contribution in [0.1, 0.15) is 56.7 Å². The van der Waals surface area contributed by atoms with Gasteiger partial charge < -0.3 is 14.9 Å². The number of nitrogens with zero attached hydrogens (tertiary/aromatic N) is 4. The maximum atomic E-state index is 4.60. The van der Waals surface area contributed by atoms with Crippen LogP contribution in [0.3, 0.4) is 0 Å². The van der Waals surface area contributed by atoms with Crippen molar-refractivity contribution >= 4 is 34.8 Å². The lowest BCUT2D eigenvalue weighted by atomic mass is 9.86. The molecule has 0 atom stereocenters. The number of rotatable bonds is 8. The van der Waals surface area contributed by atoms with Crippen LogP contribution in [0.5, 0.6) is 0 Å². The Morgan fingerprint density at radius 3 is 2.83 bits per heavy atom. The zero-order valence-corrected chi connectivity index (χ0v) is 23.9. The van der Waals surface area contributed by atoms with Crippen molar-refractivity contribution in [2.24, 2.45) is 5.92 Å². The minimum absolute atomic E-state index is 0.750. The normalized spacial score (nSPS) is 15.1. The average Bonchev–Trinajstić information content (AvgIpc) is 3.70. The average molecular weight is 544 g/mol. The molecule has 0 unspecified atom stereocenters. The van der Waals surface area contributed by atoms with Crippen LogP contribution in [0.4, 0.5) is 5.69 Å². The largest absolute Gasteiger partial charge is 0.358 e. The molecular weight excluding hydrogens is 506 g/mol. The first-order valence-corrected chi connectivity index (χ1v) is 14.4. The molecule has 0 radical (unpaired) electrons. The van der Waals surface area contributed by atoms with Crippen molar-refractivity contribution in [1.82, 2.24) is 29.7 Å². The Labute approximate surface area is 240 Å². The van der Waals surface area contributed by atoms with Gasteiger partial charge in [0.25, 0.3) is 0 Å². The quantitative estimate of drug-likeness (QED) is 0.205. The zero-order chi connectivity index (χ0) is 28.3. The van der Waals surface area contributed by atoms with Crippen molar-refractivity contribution in [3.63, 3.8) is 0 Å². The molecule has 0 spiro atoms. The molecule has 7 nitrogen and oxygen atoms in total. The van der Waals surface area contributed by atoms with Crippen LogP contribution in [0.15, 0.2) is 73.6 Å². The van der Waals surface area contributed by atoms with E-state index in [-0.39, 0.29) is 0 Å². The number of aryl methyl sites for hydroxylation is 1. The summed E-state index contributed by atoms with van der Waals surface area (Å²) in [6.07, 6.45) is 19.4. The highest BCUT2D eigenvalue weighted by Gasteiger charge is 2.15. The Kier molecular flexibility index (Phi) is 7.42. The number of benzene rings is 1. The van der Waals surface area contributed by atoms with Gasteiger partial charge in [0.15, 0.2) is 0 Å². The lowest BCUT2D eigenvalue weighted by Gasteiger charge is -2.22. The van der Waals surface area contributed by atoms with Gasteiger partial charge in [0.05, 0.1) is 40.6 Å². The van der Waals surface area contributed by atoms with Gasteiger partial charge in [-0.25, -0.2) is 4.98 Å². The van der Waals surface area contributed by atoms with E-state index >= 15 is 0 Å². The molecule has 1 saturated carbocycles. The number of nitrogens with one attached hydrogen (secondary N) is 3. The third-order valence-electron chi connectivity index (χ3n) is 8.06. The summed E-state index contributed by atoms with van der Waals surface area (Å²) >= 11 is 0. The van der Waals surface area contributed by atoms with E-state index in [4.69, 9.17) is 0 Å². The maximum Gasteiger partial charge on any atom is 0.116 e. The van der Waals surface area contributed by atoms with E-state index in [0.717, 1.165) is 79.1 Å². The Bertz CT molecular complexity index is 1840. The van der Waals surface area contributed by atoms with E-state index in [1.807, 2.05) is 48.6 Å². The number of allylic oxidation sites excluding steroid dienone is 3. The molecule has 1 aromatic carbocycles. The van der Waals surface area contributed by atoms with E-state index in [9.17, 15) is 0 Å². The number of hydrogen-bond donors (Lipinski definition) is 3. The van der Waals surface area contributed by atoms with Gasteiger partial charge >= 0.3 is 0 Å². The molecule has 0 amide bonds. The molecule has 1 fully saturated rings. The third kappa shape index (κ3) is 5.80. The third-order valence-corrected chi connectivity index (χ3v) is 8.06. The predicted octanol–water partition coefficient (Wildman–Crippen LogP) is 6.64. The molecule has 0 bridgehead atoms. The van der Waals surface area contributed by atoms with E-state index in [0.29, 0.717) is 0 Å². The standard InChI is InChI=1S/C34H37N7/c1-22(27-16-28(19-35-18-27)37-23(2)15-26-9-6-5-7-10-26)13-14-30-25(4)34(40-39-30)32-17-29-31(38-32)11-8-12-33(29)41-20-24(3)36-21-41/h8,11-14,16-21,26,37-39H,2,4-7,9-10,15H2,1,3H3/b22-13+,30-14+. The fourth-order valence-electron chi connectivity index (χ4n) is 5.81. The summed E-state index contributed by atoms with van der Waals surface area (Å²) in [5, 5.41) is 14.1. The monoisotopic (exact) mass is 543 g/mol. The van der Waals surface area contributed by atoms with Gasteiger partial charge in [-0.1, -0.05) is 57.4 Å². The van der Waals surface area contributed by atoms with Crippen molar-refractivity contribution in [2.75, 3.05) is 5.32 Å². The van der Waals surface area contributed by atoms with Crippen molar-refractivity contribution in [3.8, 4) is 17.1 Å². The number of hydrogen-bond acceptors (Lipinski definition) is 4. The second-order valence-corrected chi connectivity index (χ2v) is 11.2. The highest BCUT2D eigenvalue weighted by molar-refractivity contribution is 5.92. The minimum Gasteiger partial charge on any atom is -0.358 e. The first-order chi connectivity index (χ1) is 19.9. The van der Waals surface area contributed by atoms with E-state index < -0.39 is 0 Å². The second-order valence-electron chi connectivity index (χ2n) is 11.2. The predicted molar refractivity (Wildman–Crippen MR) is 169 cm³/mol. The summed E-state index contributed by atoms with van der Waals surface area (Å²) in [4.78, 5) is 12.4. The van der Waals surface area contributed by atoms with Crippen LogP contribution in [0.25, 0.3) is 46.2 Å². The molecule has 6 rings (SSSR count). The topological polar surface area (TPSA) is 87.2 Å². The lowest BCUT2D eigenvalue weighted by molar-refractivity contribution is 0.357. The molecule has 1 aliphatic carbocycles. The van der Waals surface area contributed by atoms with E-state index in [1.54, 1.807) is 0 Å². The SMILES string of the molecule is C=C(CC1CCCCC1)Nc1cncc(/C(C)=C/C=c2/[nH]nc(-c3cc4c(-n5cnc(C)c5)cccc4[nH]3)c2=C)c1. The van der Waals surface area contributed by atoms with Gasteiger partial charge in [-0.3, -0.25) is 10.1 Å². The molecular formula is C34H37N7. The summed E-state index contributed by atoms with van der Waals surface area (Å²) < 4.78 is 2.05. The number of imidazole rings is 1. The summed E-state index contributed by atoms with van der Waals surface area (Å²) in [6, 6.07) is 10.5. The highest BCUT2D eigenvalue weighted by Crippen LogP contribution is 2.29. The van der Waals surface area contributed by atoms with Gasteiger partial charge in [-0.15, -0.1) is 0 Å². The molecule has 41 heavy (non-hydrogen) atoms. The first-order valence-electron chi connectivity index (χ1n) is 14.4. The summed E-state index contributed by atoms with van der Waals surface area (Å²) in [6.45, 7) is 12.7. The molecule has 1 aliphatic rings. The van der Waals surface area contributed by atoms with Gasteiger partial charge in [0.1, 0.15) is 5.69 Å². The smallest absolute Gasteiger partial charge is 0.116 e. The van der Waals surface area contributed by atoms with Crippen molar-refractivity contribution < 1.29 is 0 Å². The number of pyridine rings is 1. The van der Waals surface area contributed by atoms with E-state index in [1.165, 1.54) is 32.1 Å². The molecule has 0 aliphatic heterocycles. The molecule has 0 saturated heterocycles. The van der Waals surface area contributed by atoms with Crippen molar-refractivity contribution in [3.05, 3.63) is 95.4 Å². The number of aromatic amines is 2. The summed E-state index contributed by atoms with van der Waals surface area (Å²) in [5.74, 6) is 0.750. The van der Waals surface area contributed by atoms with Gasteiger partial charge in [-0.2, -0.15) is 5.10 Å². The van der Waals surface area contributed by atoms with Crippen LogP contribution < -0.4 is 15.9 Å². The van der Waals surface area contributed by atoms with Crippen LogP contribution in [-0.2, 0) is 0 Å². The minimum atomic E-state index is 0.750. The first kappa shape index (κ1) is 26.6. The molecule has 5 aromatic rings. The zero-order valence-electron chi connectivity index (χ0n) is 23.9. The van der Waals surface area contributed by atoms with Gasteiger partial charge in [0, 0.05) is 34.2 Å². The lowest BCUT2D eigenvalue weighted by Crippen LogP contribution is -2.21. The summed E-state index contributed by atoms with van der Waals surface area (Å²) in [5.41, 5.74) is 9.00. The Morgan fingerprint density at radius 1 is 1.17 bits per heavy atom. The maximum absolute atomic E-state index is 4.60. The van der Waals surface area contributed by atoms with Crippen LogP contribution in [0.2, 0.25) is 0 Å². The molecule has 4 heterocycles. The van der Waals surface area contributed by atoms with E-state index in [2.05, 4.69) is 80.9 Å². The fourth-order valence-corrected chi connectivity index (χ4v) is 5.81. The Morgan fingerprint density at radius 2 is 2.02 bits per heavy atom. The van der Waals surface area contributed by atoms with Crippen LogP contribution in [0, 0.1) is 12.8 Å². The molecule has 7 heteroatoms. The van der Waals surface area contributed by atoms with Crippen molar-refractivity contribution in [2.45, 2.75) is 52.4 Å². The van der Waals surface area contributed by atoms with Gasteiger partial charge in [0.2, 0.25) is 0 Å². The fraction of sp³-hybridized carbons (Fsp3) is 0.265. The summed E-state index contributed by atoms with van der Waals surface area (Å²) in [7, 11) is 0. The molecule has 208 valence electrons. The van der Waals surface area contributed by atoms with Gasteiger partial charge in [-0.05, 0) is 67.7 Å². The van der Waals surface area contributed by atoms with Crippen molar-refractivity contribution in [1.29, 1.82) is 0 Å². The Hall–Kier alpha value is -4.65. The number of H-pyrrole nitrogens is 2. The number of anilines is 1. The number of aromatic nitrogens is 6. The second kappa shape index (κ2) is 11.5. The number of fused-ring (bicyclic) bond motifs is 1.